The Hall–Kier alpha value is -6.97. The quantitative estimate of drug-likeness (QED) is 0.0445. The third-order valence-corrected chi connectivity index (χ3v) is 10.7. The number of rotatable bonds is 18. The first-order valence-corrected chi connectivity index (χ1v) is 20.8. The molecule has 0 spiro atoms. The summed E-state index contributed by atoms with van der Waals surface area (Å²) in [5.74, 6) is 6.22. The summed E-state index contributed by atoms with van der Waals surface area (Å²) in [5.41, 5.74) is 2.89. The van der Waals surface area contributed by atoms with Crippen molar-refractivity contribution in [3.05, 3.63) is 107 Å². The van der Waals surface area contributed by atoms with E-state index in [0.29, 0.717) is 55.7 Å². The number of hydrogen-bond acceptors (Lipinski definition) is 12. The second kappa shape index (κ2) is 19.8. The molecular formula is C45H45F2N9O7. The van der Waals surface area contributed by atoms with E-state index in [1.54, 1.807) is 30.5 Å². The van der Waals surface area contributed by atoms with Gasteiger partial charge in [0.25, 0.3) is 12.3 Å². The minimum absolute atomic E-state index is 0.0733. The van der Waals surface area contributed by atoms with E-state index in [9.17, 15) is 28.0 Å². The van der Waals surface area contributed by atoms with E-state index < -0.39 is 42.2 Å². The van der Waals surface area contributed by atoms with Gasteiger partial charge in [-0.25, -0.2) is 28.2 Å². The van der Waals surface area contributed by atoms with Crippen LogP contribution in [0.25, 0.3) is 17.1 Å². The van der Waals surface area contributed by atoms with Crippen molar-refractivity contribution in [3.8, 4) is 29.0 Å². The minimum atomic E-state index is -2.94. The number of carbonyl (C=O) groups is 4. The summed E-state index contributed by atoms with van der Waals surface area (Å²) in [6.07, 6.45) is 4.23. The fourth-order valence-electron chi connectivity index (χ4n) is 7.10. The van der Waals surface area contributed by atoms with Crippen molar-refractivity contribution >= 4 is 35.3 Å². The van der Waals surface area contributed by atoms with Crippen molar-refractivity contribution in [2.75, 3.05) is 43.5 Å². The maximum atomic E-state index is 14.0. The predicted octanol–water partition coefficient (Wildman–Crippen LogP) is 6.17. The molecule has 8 rings (SSSR count). The summed E-state index contributed by atoms with van der Waals surface area (Å²) >= 11 is 0. The number of anilines is 2. The maximum absolute atomic E-state index is 14.0. The summed E-state index contributed by atoms with van der Waals surface area (Å²) < 4.78 is 46.2. The molecule has 3 fully saturated rings. The first-order chi connectivity index (χ1) is 30.7. The fourth-order valence-corrected chi connectivity index (χ4v) is 7.10. The molecule has 2 atom stereocenters. The van der Waals surface area contributed by atoms with Crippen molar-refractivity contribution in [3.63, 3.8) is 0 Å². The van der Waals surface area contributed by atoms with Gasteiger partial charge >= 0.3 is 6.09 Å². The monoisotopic (exact) mass is 861 g/mol. The molecule has 63 heavy (non-hydrogen) atoms. The molecule has 326 valence electrons. The average molecular weight is 862 g/mol. The Bertz CT molecular complexity index is 2510. The summed E-state index contributed by atoms with van der Waals surface area (Å²) in [4.78, 5) is 59.3. The van der Waals surface area contributed by atoms with Gasteiger partial charge in [0, 0.05) is 49.9 Å². The van der Waals surface area contributed by atoms with Gasteiger partial charge in [-0.1, -0.05) is 36.1 Å². The number of oxazole rings is 1. The van der Waals surface area contributed by atoms with Crippen molar-refractivity contribution in [2.45, 2.75) is 63.6 Å². The number of hydrogen-bond donors (Lipinski definition) is 4. The van der Waals surface area contributed by atoms with E-state index in [2.05, 4.69) is 48.2 Å². The number of amides is 4. The first-order valence-electron chi connectivity index (χ1n) is 20.8. The van der Waals surface area contributed by atoms with Gasteiger partial charge in [0.15, 0.2) is 11.4 Å². The molecule has 5 heterocycles. The van der Waals surface area contributed by atoms with E-state index in [4.69, 9.17) is 13.9 Å². The molecule has 18 heteroatoms. The lowest BCUT2D eigenvalue weighted by molar-refractivity contribution is -0.136. The largest absolute Gasteiger partial charge is 0.444 e. The molecule has 16 nitrogen and oxygen atoms in total. The third kappa shape index (κ3) is 11.1. The van der Waals surface area contributed by atoms with Gasteiger partial charge in [0.05, 0.1) is 30.7 Å². The Morgan fingerprint density at radius 3 is 2.71 bits per heavy atom. The molecule has 3 aliphatic rings. The van der Waals surface area contributed by atoms with Crippen molar-refractivity contribution in [1.29, 1.82) is 0 Å². The molecule has 2 saturated heterocycles. The molecule has 3 aromatic heterocycles. The lowest BCUT2D eigenvalue weighted by Crippen LogP contribution is -2.52. The number of nitrogens with one attached hydrogen (secondary N) is 4. The Kier molecular flexibility index (Phi) is 13.4. The molecule has 5 aromatic rings. The zero-order chi connectivity index (χ0) is 43.7. The Labute approximate surface area is 361 Å². The number of halogens is 2. The number of piperidine rings is 1. The highest BCUT2D eigenvalue weighted by Crippen LogP contribution is 2.32. The van der Waals surface area contributed by atoms with Gasteiger partial charge in [-0.05, 0) is 85.7 Å². The van der Waals surface area contributed by atoms with Crippen LogP contribution in [0.2, 0.25) is 0 Å². The Morgan fingerprint density at radius 2 is 1.90 bits per heavy atom. The number of alkyl halides is 2. The molecular weight excluding hydrogens is 817 g/mol. The normalized spacial score (nSPS) is 17.3. The van der Waals surface area contributed by atoms with E-state index >= 15 is 0 Å². The summed E-state index contributed by atoms with van der Waals surface area (Å²) in [6.45, 7) is 3.35. The van der Waals surface area contributed by atoms with Crippen LogP contribution in [0.3, 0.4) is 0 Å². The van der Waals surface area contributed by atoms with Crippen LogP contribution in [-0.4, -0.2) is 87.4 Å². The minimum Gasteiger partial charge on any atom is -0.444 e. The van der Waals surface area contributed by atoms with Gasteiger partial charge in [-0.3, -0.25) is 24.6 Å². The number of nitrogens with zero attached hydrogens (tertiary/aromatic N) is 5. The smallest absolute Gasteiger partial charge is 0.411 e. The first kappa shape index (κ1) is 42.7. The van der Waals surface area contributed by atoms with E-state index in [0.717, 1.165) is 29.7 Å². The second-order valence-electron chi connectivity index (χ2n) is 15.4. The number of aromatic nitrogens is 4. The van der Waals surface area contributed by atoms with Crippen molar-refractivity contribution < 1.29 is 41.8 Å². The Balaban J connectivity index is 0.738. The van der Waals surface area contributed by atoms with Crippen LogP contribution in [-0.2, 0) is 25.6 Å². The zero-order valence-electron chi connectivity index (χ0n) is 34.1. The third-order valence-electron chi connectivity index (χ3n) is 10.7. The zero-order valence-corrected chi connectivity index (χ0v) is 34.1. The molecule has 2 aliphatic heterocycles. The standard InChI is InChI=1S/C45H45F2N9O7/c46-41(47)40-34(51-42(58)35-27-62-44(52-35)32-16-18-49-38(22-32)50-24-30-8-9-30)25-56(54-40)33-12-10-29(11-13-33)23-48-17-4-20-61-19-2-1-5-28-6-3-7-31(21-28)37-26-55(45(60)63-37)36-14-15-39(57)53-43(36)59/h3,6-7,10-13,16,18,21-22,25,27,30,36-37,41,48H,2,4,8-9,14-15,17,19-20,23-24,26H2,(H,49,50)(H,51,58)(H,53,57,59)/t36?,37-/m1/s1. The van der Waals surface area contributed by atoms with E-state index in [-0.39, 0.29) is 42.6 Å². The summed E-state index contributed by atoms with van der Waals surface area (Å²) in [7, 11) is 0. The lowest BCUT2D eigenvalue weighted by Gasteiger charge is -2.27. The highest BCUT2D eigenvalue weighted by molar-refractivity contribution is 6.03. The van der Waals surface area contributed by atoms with Gasteiger partial charge < -0.3 is 29.8 Å². The number of pyridine rings is 1. The molecule has 4 N–H and O–H groups in total. The van der Waals surface area contributed by atoms with Gasteiger partial charge in [-0.2, -0.15) is 5.10 Å². The van der Waals surface area contributed by atoms with Crippen molar-refractivity contribution in [1.82, 2.24) is 35.3 Å². The van der Waals surface area contributed by atoms with E-state index in [1.165, 1.54) is 34.9 Å². The van der Waals surface area contributed by atoms with Crippen LogP contribution in [0, 0.1) is 17.8 Å². The lowest BCUT2D eigenvalue weighted by atomic mass is 10.0. The van der Waals surface area contributed by atoms with Crippen LogP contribution in [0.5, 0.6) is 0 Å². The number of cyclic esters (lactones) is 1. The molecule has 0 bridgehead atoms. The summed E-state index contributed by atoms with van der Waals surface area (Å²) in [5, 5.41) is 15.5. The number of ether oxygens (including phenoxy) is 2. The van der Waals surface area contributed by atoms with Gasteiger partial charge in [0.2, 0.25) is 17.7 Å². The highest BCUT2D eigenvalue weighted by atomic mass is 19.3. The highest BCUT2D eigenvalue weighted by Gasteiger charge is 2.42. The van der Waals surface area contributed by atoms with Crippen LogP contribution < -0.4 is 21.3 Å². The second-order valence-corrected chi connectivity index (χ2v) is 15.4. The number of imide groups is 1. The van der Waals surface area contributed by atoms with Gasteiger partial charge in [-0.15, -0.1) is 0 Å². The number of benzene rings is 2. The topological polar surface area (TPSA) is 195 Å². The Morgan fingerprint density at radius 1 is 1.05 bits per heavy atom. The van der Waals surface area contributed by atoms with E-state index in [1.807, 2.05) is 36.4 Å². The molecule has 2 aromatic carbocycles. The van der Waals surface area contributed by atoms with Crippen LogP contribution in [0.1, 0.15) is 83.9 Å². The SMILES string of the molecule is O=C1CCC(N2C[C@H](c3cccc(C#CCCOCCCNCc4ccc(-n5cc(NC(=O)c6coc(-c7ccnc(NCC8CC8)c7)n6)c(C(F)F)n5)cc4)c3)OC2=O)C(=O)N1. The molecule has 1 saturated carbocycles. The summed E-state index contributed by atoms with van der Waals surface area (Å²) in [6, 6.07) is 17.4. The fraction of sp³-hybridized carbons (Fsp3) is 0.356. The molecule has 1 unspecified atom stereocenters. The number of carbonyl (C=O) groups excluding carboxylic acids is 4. The molecule has 1 aliphatic carbocycles. The van der Waals surface area contributed by atoms with Crippen LogP contribution >= 0.6 is 0 Å². The average Bonchev–Trinajstić information content (AvgIpc) is 3.60. The molecule has 4 amide bonds. The van der Waals surface area contributed by atoms with Gasteiger partial charge in [0.1, 0.15) is 24.2 Å². The van der Waals surface area contributed by atoms with Crippen molar-refractivity contribution in [2.24, 2.45) is 5.92 Å². The predicted molar refractivity (Wildman–Crippen MR) is 225 cm³/mol. The van der Waals surface area contributed by atoms with Crippen LogP contribution in [0.15, 0.2) is 83.7 Å². The maximum Gasteiger partial charge on any atom is 0.411 e. The van der Waals surface area contributed by atoms with Crippen LogP contribution in [0.4, 0.5) is 25.1 Å². The molecule has 0 radical (unpaired) electrons.